The van der Waals surface area contributed by atoms with Gasteiger partial charge in [-0.3, -0.25) is 9.59 Å². The van der Waals surface area contributed by atoms with Crippen LogP contribution in [0.3, 0.4) is 0 Å². The Morgan fingerprint density at radius 1 is 1.00 bits per heavy atom. The van der Waals surface area contributed by atoms with Crippen LogP contribution in [0.25, 0.3) is 0 Å². The predicted molar refractivity (Wildman–Crippen MR) is 86.5 cm³/mol. The molecular weight excluding hydrogens is 310 g/mol. The second-order valence-corrected chi connectivity index (χ2v) is 4.95. The van der Waals surface area contributed by atoms with E-state index in [0.29, 0.717) is 35.6 Å². The highest BCUT2D eigenvalue weighted by molar-refractivity contribution is 6.09. The molecule has 0 unspecified atom stereocenters. The smallest absolute Gasteiger partial charge is 0.303 e. The average Bonchev–Trinajstić information content (AvgIpc) is 2.59. The molecule has 0 aromatic heterocycles. The van der Waals surface area contributed by atoms with Crippen LogP contribution in [0.15, 0.2) is 53.5 Å². The molecular formula is C18H15NO5. The van der Waals surface area contributed by atoms with E-state index in [0.717, 1.165) is 0 Å². The molecule has 0 amide bonds. The van der Waals surface area contributed by atoms with Crippen LogP contribution >= 0.6 is 0 Å². The van der Waals surface area contributed by atoms with Crippen LogP contribution in [0.1, 0.15) is 28.8 Å². The topological polar surface area (TPSA) is 93.0 Å². The Kier molecular flexibility index (Phi) is 6.00. The van der Waals surface area contributed by atoms with Gasteiger partial charge in [0.15, 0.2) is 5.78 Å². The second kappa shape index (κ2) is 8.41. The van der Waals surface area contributed by atoms with Crippen LogP contribution < -0.4 is 4.74 Å². The molecule has 2 aromatic carbocycles. The molecule has 0 aliphatic heterocycles. The zero-order chi connectivity index (χ0) is 17.4. The van der Waals surface area contributed by atoms with E-state index in [4.69, 9.17) is 9.84 Å². The third kappa shape index (κ3) is 4.90. The lowest BCUT2D eigenvalue weighted by atomic mass is 10.0. The second-order valence-electron chi connectivity index (χ2n) is 4.95. The van der Waals surface area contributed by atoms with Gasteiger partial charge in [-0.2, -0.15) is 4.99 Å². The van der Waals surface area contributed by atoms with Crippen molar-refractivity contribution in [3.8, 4) is 5.75 Å². The summed E-state index contributed by atoms with van der Waals surface area (Å²) in [7, 11) is 0. The van der Waals surface area contributed by atoms with Crippen molar-refractivity contribution < 1.29 is 24.2 Å². The van der Waals surface area contributed by atoms with Crippen molar-refractivity contribution in [3.05, 3.63) is 59.7 Å². The summed E-state index contributed by atoms with van der Waals surface area (Å²) >= 11 is 0. The lowest BCUT2D eigenvalue weighted by Gasteiger charge is -2.06. The molecule has 0 heterocycles. The van der Waals surface area contributed by atoms with Crippen LogP contribution in [0.4, 0.5) is 5.69 Å². The lowest BCUT2D eigenvalue weighted by Crippen LogP contribution is -2.03. The van der Waals surface area contributed by atoms with Crippen molar-refractivity contribution >= 4 is 23.5 Å². The lowest BCUT2D eigenvalue weighted by molar-refractivity contribution is -0.137. The summed E-state index contributed by atoms with van der Waals surface area (Å²) in [5.74, 6) is -0.439. The average molecular weight is 325 g/mol. The first-order chi connectivity index (χ1) is 11.6. The molecule has 0 aliphatic rings. The monoisotopic (exact) mass is 325 g/mol. The highest BCUT2D eigenvalue weighted by atomic mass is 16.5. The molecule has 0 saturated heterocycles. The molecule has 6 heteroatoms. The fourth-order valence-electron chi connectivity index (χ4n) is 2.02. The van der Waals surface area contributed by atoms with Gasteiger partial charge in [-0.15, -0.1) is 0 Å². The number of nitrogens with zero attached hydrogens (tertiary/aromatic N) is 1. The minimum atomic E-state index is -0.857. The number of carboxylic acids is 1. The van der Waals surface area contributed by atoms with Gasteiger partial charge in [0.2, 0.25) is 6.08 Å². The molecule has 0 aliphatic carbocycles. The SMILES string of the molecule is O=C=Nc1ccc(C(=O)c2ccc(OCCCC(=O)O)cc2)cc1. The van der Waals surface area contributed by atoms with Gasteiger partial charge in [0, 0.05) is 17.5 Å². The third-order valence-electron chi connectivity index (χ3n) is 3.22. The van der Waals surface area contributed by atoms with Crippen molar-refractivity contribution in [1.82, 2.24) is 0 Å². The van der Waals surface area contributed by atoms with E-state index in [9.17, 15) is 14.4 Å². The van der Waals surface area contributed by atoms with Crippen molar-refractivity contribution in [1.29, 1.82) is 0 Å². The van der Waals surface area contributed by atoms with Crippen LogP contribution in [0.5, 0.6) is 5.75 Å². The molecule has 6 nitrogen and oxygen atoms in total. The number of benzene rings is 2. The van der Waals surface area contributed by atoms with Gasteiger partial charge < -0.3 is 9.84 Å². The number of aliphatic carboxylic acids is 1. The molecule has 0 radical (unpaired) electrons. The quantitative estimate of drug-likeness (QED) is 0.348. The summed E-state index contributed by atoms with van der Waals surface area (Å²) < 4.78 is 5.42. The summed E-state index contributed by atoms with van der Waals surface area (Å²) in [5.41, 5.74) is 1.42. The molecule has 2 rings (SSSR count). The summed E-state index contributed by atoms with van der Waals surface area (Å²) in [6.45, 7) is 0.304. The zero-order valence-electron chi connectivity index (χ0n) is 12.8. The van der Waals surface area contributed by atoms with Gasteiger partial charge in [0.25, 0.3) is 0 Å². The number of rotatable bonds is 8. The largest absolute Gasteiger partial charge is 0.494 e. The summed E-state index contributed by atoms with van der Waals surface area (Å²) in [4.78, 5) is 36.4. The third-order valence-corrected chi connectivity index (χ3v) is 3.22. The Hall–Kier alpha value is -3.24. The maximum Gasteiger partial charge on any atom is 0.303 e. The molecule has 0 saturated carbocycles. The number of carboxylic acid groups (broad SMARTS) is 1. The van der Waals surface area contributed by atoms with E-state index in [1.54, 1.807) is 48.5 Å². The van der Waals surface area contributed by atoms with Crippen LogP contribution in [-0.2, 0) is 9.59 Å². The Morgan fingerprint density at radius 3 is 2.12 bits per heavy atom. The minimum absolute atomic E-state index is 0.0563. The first-order valence-electron chi connectivity index (χ1n) is 7.27. The number of ether oxygens (including phenoxy) is 1. The van der Waals surface area contributed by atoms with E-state index in [1.165, 1.54) is 6.08 Å². The molecule has 2 aromatic rings. The first kappa shape index (κ1) is 17.1. The Bertz CT molecular complexity index is 759. The molecule has 0 spiro atoms. The van der Waals surface area contributed by atoms with Crippen molar-refractivity contribution in [2.24, 2.45) is 4.99 Å². The minimum Gasteiger partial charge on any atom is -0.494 e. The molecule has 0 bridgehead atoms. The Morgan fingerprint density at radius 2 is 1.58 bits per heavy atom. The highest BCUT2D eigenvalue weighted by Gasteiger charge is 2.09. The van der Waals surface area contributed by atoms with Crippen molar-refractivity contribution in [3.63, 3.8) is 0 Å². The van der Waals surface area contributed by atoms with E-state index in [1.807, 2.05) is 0 Å². The molecule has 122 valence electrons. The number of hydrogen-bond acceptors (Lipinski definition) is 5. The van der Waals surface area contributed by atoms with Gasteiger partial charge in [0.05, 0.1) is 12.3 Å². The summed E-state index contributed by atoms with van der Waals surface area (Å²) in [5, 5.41) is 8.55. The standard InChI is InChI=1S/C18H15NO5/c20-12-19-15-7-3-13(4-8-15)18(23)14-5-9-16(10-6-14)24-11-1-2-17(21)22/h3-10H,1-2,11H2,(H,21,22). The van der Waals surface area contributed by atoms with Gasteiger partial charge in [-0.1, -0.05) is 0 Å². The van der Waals surface area contributed by atoms with E-state index in [2.05, 4.69) is 4.99 Å². The highest BCUT2D eigenvalue weighted by Crippen LogP contribution is 2.18. The fourth-order valence-corrected chi connectivity index (χ4v) is 2.02. The number of hydrogen-bond donors (Lipinski definition) is 1. The Labute approximate surface area is 138 Å². The fraction of sp³-hybridized carbons (Fsp3) is 0.167. The zero-order valence-corrected chi connectivity index (χ0v) is 12.8. The molecule has 1 N–H and O–H groups in total. The molecule has 0 fully saturated rings. The summed E-state index contributed by atoms with van der Waals surface area (Å²) in [6.07, 6.45) is 1.92. The predicted octanol–water partition coefficient (Wildman–Crippen LogP) is 3.13. The van der Waals surface area contributed by atoms with Crippen molar-refractivity contribution in [2.45, 2.75) is 12.8 Å². The molecule has 0 atom stereocenters. The first-order valence-corrected chi connectivity index (χ1v) is 7.27. The molecule has 24 heavy (non-hydrogen) atoms. The van der Waals surface area contributed by atoms with Crippen molar-refractivity contribution in [2.75, 3.05) is 6.61 Å². The van der Waals surface area contributed by atoms with Crippen LogP contribution in [-0.4, -0.2) is 29.5 Å². The van der Waals surface area contributed by atoms with E-state index < -0.39 is 5.97 Å². The maximum atomic E-state index is 12.3. The number of ketones is 1. The van der Waals surface area contributed by atoms with Gasteiger partial charge in [-0.05, 0) is 55.0 Å². The normalized spacial score (nSPS) is 9.83. The van der Waals surface area contributed by atoms with E-state index in [-0.39, 0.29) is 12.2 Å². The van der Waals surface area contributed by atoms with Crippen LogP contribution in [0.2, 0.25) is 0 Å². The summed E-state index contributed by atoms with van der Waals surface area (Å²) in [6, 6.07) is 12.9. The van der Waals surface area contributed by atoms with Crippen LogP contribution in [0, 0.1) is 0 Å². The van der Waals surface area contributed by atoms with Gasteiger partial charge in [-0.25, -0.2) is 4.79 Å². The maximum absolute atomic E-state index is 12.3. The van der Waals surface area contributed by atoms with Gasteiger partial charge >= 0.3 is 5.97 Å². The number of isocyanates is 1. The Balaban J connectivity index is 1.97. The van der Waals surface area contributed by atoms with Gasteiger partial charge in [0.1, 0.15) is 5.75 Å². The number of carbonyl (C=O) groups excluding carboxylic acids is 2. The number of aliphatic imine (C=N–C) groups is 1. The van der Waals surface area contributed by atoms with E-state index >= 15 is 0 Å². The number of carbonyl (C=O) groups is 2.